The Hall–Kier alpha value is -2.10. The lowest BCUT2D eigenvalue weighted by Crippen LogP contribution is -2.42. The molecule has 7 heteroatoms. The summed E-state index contributed by atoms with van der Waals surface area (Å²) in [6.45, 7) is 5.71. The third kappa shape index (κ3) is 4.97. The van der Waals surface area contributed by atoms with Crippen LogP contribution in [0.5, 0.6) is 5.75 Å². The number of ether oxygens (including phenoxy) is 1. The number of thiazole rings is 1. The van der Waals surface area contributed by atoms with E-state index in [1.165, 1.54) is 11.3 Å². The first-order chi connectivity index (χ1) is 15.7. The summed E-state index contributed by atoms with van der Waals surface area (Å²) in [7, 11) is 1.62. The van der Waals surface area contributed by atoms with Crippen LogP contribution in [0.3, 0.4) is 0 Å². The average Bonchev–Trinajstić information content (AvgIpc) is 3.54. The smallest absolute Gasteiger partial charge is 0.136 e. The van der Waals surface area contributed by atoms with E-state index >= 15 is 0 Å². The Morgan fingerprint density at radius 3 is 2.56 bits per heavy atom. The molecule has 3 aromatic rings. The van der Waals surface area contributed by atoms with Crippen LogP contribution in [0.25, 0.3) is 11.3 Å². The van der Waals surface area contributed by atoms with Gasteiger partial charge in [0.15, 0.2) is 0 Å². The number of hydrogen-bond acceptors (Lipinski definition) is 4. The highest BCUT2D eigenvalue weighted by Gasteiger charge is 2.42. The normalized spacial score (nSPS) is 15.7. The van der Waals surface area contributed by atoms with Gasteiger partial charge in [-0.05, 0) is 68.0 Å². The van der Waals surface area contributed by atoms with E-state index in [0.717, 1.165) is 52.3 Å². The molecule has 4 rings (SSSR count). The van der Waals surface area contributed by atoms with Gasteiger partial charge >= 0.3 is 0 Å². The SMILES string of the molecule is C#CC(N)(c1nc(-c2cc(C)c(OC)cc2Cl)c(C)s1)[C@@H](CC1CC1)c1ccc(C)c(F)c1.Cl. The highest BCUT2D eigenvalue weighted by Crippen LogP contribution is 2.48. The quantitative estimate of drug-likeness (QED) is 0.333. The zero-order valence-corrected chi connectivity index (χ0v) is 22.1. The number of halogens is 3. The molecule has 1 unspecified atom stereocenters. The molecule has 1 fully saturated rings. The van der Waals surface area contributed by atoms with E-state index in [9.17, 15) is 4.39 Å². The molecule has 0 aliphatic heterocycles. The summed E-state index contributed by atoms with van der Waals surface area (Å²) in [6.07, 6.45) is 9.19. The predicted molar refractivity (Wildman–Crippen MR) is 142 cm³/mol. The van der Waals surface area contributed by atoms with Gasteiger partial charge < -0.3 is 10.5 Å². The highest BCUT2D eigenvalue weighted by atomic mass is 35.5. The second-order valence-electron chi connectivity index (χ2n) is 8.98. The third-order valence-electron chi connectivity index (χ3n) is 6.54. The van der Waals surface area contributed by atoms with Crippen LogP contribution in [0, 0.1) is 44.9 Å². The minimum absolute atomic E-state index is 0. The molecule has 180 valence electrons. The molecule has 1 aliphatic rings. The molecule has 0 amide bonds. The van der Waals surface area contributed by atoms with E-state index in [2.05, 4.69) is 5.92 Å². The maximum absolute atomic E-state index is 14.5. The zero-order valence-electron chi connectivity index (χ0n) is 19.7. The topological polar surface area (TPSA) is 48.1 Å². The molecule has 0 bridgehead atoms. The molecule has 0 saturated heterocycles. The van der Waals surface area contributed by atoms with Crippen molar-refractivity contribution in [2.75, 3.05) is 7.11 Å². The Morgan fingerprint density at radius 1 is 1.26 bits per heavy atom. The van der Waals surface area contributed by atoms with Crippen molar-refractivity contribution in [3.05, 3.63) is 67.7 Å². The number of benzene rings is 2. The van der Waals surface area contributed by atoms with Gasteiger partial charge in [0, 0.05) is 16.4 Å². The van der Waals surface area contributed by atoms with Crippen LogP contribution in [0.1, 0.15) is 51.8 Å². The number of terminal acetylenes is 1. The van der Waals surface area contributed by atoms with Gasteiger partial charge in [-0.2, -0.15) is 0 Å². The van der Waals surface area contributed by atoms with Crippen LogP contribution >= 0.6 is 35.3 Å². The van der Waals surface area contributed by atoms with Crippen molar-refractivity contribution in [2.24, 2.45) is 11.7 Å². The Morgan fingerprint density at radius 2 is 1.97 bits per heavy atom. The van der Waals surface area contributed by atoms with Crippen LogP contribution in [0.15, 0.2) is 30.3 Å². The Labute approximate surface area is 216 Å². The molecule has 1 heterocycles. The van der Waals surface area contributed by atoms with Crippen LogP contribution < -0.4 is 10.5 Å². The Balaban J connectivity index is 0.00000324. The second kappa shape index (κ2) is 10.3. The van der Waals surface area contributed by atoms with Gasteiger partial charge in [0.1, 0.15) is 22.1 Å². The van der Waals surface area contributed by atoms with Crippen molar-refractivity contribution < 1.29 is 9.13 Å². The van der Waals surface area contributed by atoms with E-state index in [1.807, 2.05) is 26.0 Å². The predicted octanol–water partition coefficient (Wildman–Crippen LogP) is 7.33. The van der Waals surface area contributed by atoms with Gasteiger partial charge in [0.2, 0.25) is 0 Å². The summed E-state index contributed by atoms with van der Waals surface area (Å²) in [5, 5.41) is 1.20. The first-order valence-electron chi connectivity index (χ1n) is 11.0. The van der Waals surface area contributed by atoms with E-state index in [4.69, 9.17) is 33.5 Å². The van der Waals surface area contributed by atoms with Crippen molar-refractivity contribution >= 4 is 35.3 Å². The first kappa shape index (κ1) is 26.5. The lowest BCUT2D eigenvalue weighted by Gasteiger charge is -2.32. The number of hydrogen-bond donors (Lipinski definition) is 1. The van der Waals surface area contributed by atoms with Gasteiger partial charge in [-0.15, -0.1) is 30.2 Å². The first-order valence-corrected chi connectivity index (χ1v) is 12.2. The molecule has 2 atom stereocenters. The van der Waals surface area contributed by atoms with E-state index in [-0.39, 0.29) is 24.1 Å². The van der Waals surface area contributed by atoms with E-state index in [0.29, 0.717) is 21.5 Å². The zero-order chi connectivity index (χ0) is 23.9. The molecule has 2 aromatic carbocycles. The molecule has 0 spiro atoms. The molecule has 1 saturated carbocycles. The molecule has 2 N–H and O–H groups in total. The third-order valence-corrected chi connectivity index (χ3v) is 7.98. The fraction of sp³-hybridized carbons (Fsp3) is 0.370. The maximum Gasteiger partial charge on any atom is 0.136 e. The maximum atomic E-state index is 14.5. The monoisotopic (exact) mass is 518 g/mol. The minimum Gasteiger partial charge on any atom is -0.496 e. The Bertz CT molecular complexity index is 1250. The molecule has 34 heavy (non-hydrogen) atoms. The number of methoxy groups -OCH3 is 1. The largest absolute Gasteiger partial charge is 0.496 e. The fourth-order valence-electron chi connectivity index (χ4n) is 4.30. The van der Waals surface area contributed by atoms with Crippen LogP contribution in [-0.4, -0.2) is 12.1 Å². The van der Waals surface area contributed by atoms with Crippen LogP contribution in [-0.2, 0) is 5.54 Å². The van der Waals surface area contributed by atoms with Crippen LogP contribution in [0.2, 0.25) is 5.02 Å². The van der Waals surface area contributed by atoms with Crippen molar-refractivity contribution in [1.29, 1.82) is 0 Å². The second-order valence-corrected chi connectivity index (χ2v) is 10.6. The molecule has 1 aromatic heterocycles. The summed E-state index contributed by atoms with van der Waals surface area (Å²) in [4.78, 5) is 5.90. The van der Waals surface area contributed by atoms with Gasteiger partial charge in [-0.3, -0.25) is 0 Å². The average molecular weight is 520 g/mol. The molecular weight excluding hydrogens is 490 g/mol. The summed E-state index contributed by atoms with van der Waals surface area (Å²) in [5.74, 6) is 3.63. The molecular formula is C27H29Cl2FN2OS. The van der Waals surface area contributed by atoms with E-state index in [1.54, 1.807) is 32.2 Å². The van der Waals surface area contributed by atoms with Crippen molar-refractivity contribution in [2.45, 2.75) is 51.5 Å². The minimum atomic E-state index is -1.16. The number of aryl methyl sites for hydroxylation is 3. The standard InChI is InChI=1S/C27H28ClFN2OS.ClH/c1-6-27(30,21(12-18-8-9-18)19-10-7-15(2)23(29)13-19)26-31-25(17(4)33-26)20-11-16(3)24(32-5)14-22(20)28;/h1,7,10-11,13-14,18,21H,8-9,12,30H2,2-5H3;1H/t21-,27?;/m0./s1. The summed E-state index contributed by atoms with van der Waals surface area (Å²) < 4.78 is 19.9. The lowest BCUT2D eigenvalue weighted by atomic mass is 9.77. The highest BCUT2D eigenvalue weighted by molar-refractivity contribution is 7.12. The van der Waals surface area contributed by atoms with Crippen LogP contribution in [0.4, 0.5) is 4.39 Å². The van der Waals surface area contributed by atoms with Crippen molar-refractivity contribution in [1.82, 2.24) is 4.98 Å². The number of nitrogens with zero attached hydrogens (tertiary/aromatic N) is 1. The van der Waals surface area contributed by atoms with Gasteiger partial charge in [0.05, 0.1) is 17.8 Å². The van der Waals surface area contributed by atoms with Crippen molar-refractivity contribution in [3.8, 4) is 29.4 Å². The van der Waals surface area contributed by atoms with E-state index < -0.39 is 5.54 Å². The van der Waals surface area contributed by atoms with Gasteiger partial charge in [0.25, 0.3) is 0 Å². The summed E-state index contributed by atoms with van der Waals surface area (Å²) >= 11 is 8.06. The van der Waals surface area contributed by atoms with Crippen molar-refractivity contribution in [3.63, 3.8) is 0 Å². The number of nitrogens with two attached hydrogens (primary N) is 1. The van der Waals surface area contributed by atoms with Gasteiger partial charge in [-0.1, -0.05) is 42.5 Å². The fourth-order valence-corrected chi connectivity index (χ4v) is 5.59. The van der Waals surface area contributed by atoms with Gasteiger partial charge in [-0.25, -0.2) is 9.37 Å². The molecule has 1 aliphatic carbocycles. The lowest BCUT2D eigenvalue weighted by molar-refractivity contribution is 0.408. The number of aromatic nitrogens is 1. The summed E-state index contributed by atoms with van der Waals surface area (Å²) in [6, 6.07) is 9.08. The number of rotatable bonds is 7. The molecule has 3 nitrogen and oxygen atoms in total. The Kier molecular flexibility index (Phi) is 7.99. The summed E-state index contributed by atoms with van der Waals surface area (Å²) in [5.41, 5.74) is 9.76. The molecule has 0 radical (unpaired) electrons.